The zero-order valence-electron chi connectivity index (χ0n) is 35.7. The maximum absolute atomic E-state index is 6.96. The fraction of sp³-hybridized carbons (Fsp3) is 0.0164. The van der Waals surface area contributed by atoms with E-state index in [9.17, 15) is 0 Å². The van der Waals surface area contributed by atoms with E-state index in [0.717, 1.165) is 72.2 Å². The molecule has 0 saturated heterocycles. The Morgan fingerprint density at radius 1 is 0.418 bits per heavy atom. The minimum atomic E-state index is 0.628. The highest BCUT2D eigenvalue weighted by Crippen LogP contribution is 2.50. The molecule has 310 valence electrons. The van der Waals surface area contributed by atoms with Crippen LogP contribution in [-0.2, 0) is 6.42 Å². The summed E-state index contributed by atoms with van der Waals surface area (Å²) in [6.07, 6.45) is 0.628. The van der Waals surface area contributed by atoms with Crippen LogP contribution in [0.3, 0.4) is 0 Å². The van der Waals surface area contributed by atoms with Gasteiger partial charge in [-0.15, -0.1) is 22.7 Å². The highest BCUT2D eigenvalue weighted by atomic mass is 32.1. The Hall–Kier alpha value is -8.16. The van der Waals surface area contributed by atoms with Crippen LogP contribution in [0, 0.1) is 0 Å². The molecule has 1 aliphatic rings. The zero-order chi connectivity index (χ0) is 43.5. The summed E-state index contributed by atoms with van der Waals surface area (Å²) in [5.41, 5.74) is 12.4. The first-order chi connectivity index (χ1) is 33.2. The third-order valence-corrected chi connectivity index (χ3v) is 16.6. The number of hydrogen-bond acceptors (Lipinski definition) is 5. The third-order valence-electron chi connectivity index (χ3n) is 14.3. The number of aromatic nitrogens is 3. The summed E-state index contributed by atoms with van der Waals surface area (Å²) in [7, 11) is 0. The van der Waals surface area contributed by atoms with Crippen LogP contribution in [-0.4, -0.2) is 14.5 Å². The van der Waals surface area contributed by atoms with E-state index in [1.165, 1.54) is 78.4 Å². The Kier molecular flexibility index (Phi) is 7.13. The largest absolute Gasteiger partial charge is 0.456 e. The van der Waals surface area contributed by atoms with Crippen LogP contribution in [0.1, 0.15) is 11.1 Å². The second-order valence-electron chi connectivity index (χ2n) is 18.0. The molecule has 0 aliphatic carbocycles. The van der Waals surface area contributed by atoms with Crippen molar-refractivity contribution in [1.82, 2.24) is 14.5 Å². The van der Waals surface area contributed by atoms with Crippen LogP contribution in [0.15, 0.2) is 192 Å². The molecule has 1 aliphatic heterocycles. The summed E-state index contributed by atoms with van der Waals surface area (Å²) in [5.74, 6) is 0.708. The lowest BCUT2D eigenvalue weighted by atomic mass is 9.90. The molecule has 5 aromatic heterocycles. The molecule has 10 aromatic carbocycles. The molecule has 0 unspecified atom stereocenters. The van der Waals surface area contributed by atoms with Crippen molar-refractivity contribution in [2.45, 2.75) is 6.42 Å². The predicted molar refractivity (Wildman–Crippen MR) is 284 cm³/mol. The Balaban J connectivity index is 1.13. The second kappa shape index (κ2) is 13.2. The van der Waals surface area contributed by atoms with Gasteiger partial charge in [0.15, 0.2) is 5.82 Å². The Morgan fingerprint density at radius 3 is 1.76 bits per heavy atom. The van der Waals surface area contributed by atoms with Gasteiger partial charge < -0.3 is 8.98 Å². The Labute approximate surface area is 390 Å². The standard InChI is InChI=1S/C61H33N3OS2/c1-3-13-36-31-48-43(29-34(36)11-1)38-24-23-33-27-45-59(41-17-9-21-53-55(41)39-15-5-7-19-51(39)66-53)62-61(42-18-10-22-54-56(42)40-16-6-8-20-52(40)67-54)63-60(45)58-46(64(48)47(38)28-33)25-26-49-57(58)44-30-35-12-2-4-14-37(35)32-50(44)65-49/h1-26,28-32H,27H2. The van der Waals surface area contributed by atoms with Gasteiger partial charge in [0, 0.05) is 90.6 Å². The number of fused-ring (bicyclic) bond motifs is 20. The number of thiophene rings is 2. The van der Waals surface area contributed by atoms with E-state index in [1.54, 1.807) is 0 Å². The van der Waals surface area contributed by atoms with Gasteiger partial charge in [-0.1, -0.05) is 121 Å². The molecule has 0 amide bonds. The van der Waals surface area contributed by atoms with E-state index in [1.807, 2.05) is 22.7 Å². The molecule has 6 heterocycles. The fourth-order valence-corrected chi connectivity index (χ4v) is 13.7. The van der Waals surface area contributed by atoms with E-state index in [-0.39, 0.29) is 0 Å². The Bertz CT molecular complexity index is 4680. The van der Waals surface area contributed by atoms with Crippen LogP contribution in [0.2, 0.25) is 0 Å². The molecule has 67 heavy (non-hydrogen) atoms. The lowest BCUT2D eigenvalue weighted by molar-refractivity contribution is 0.669. The number of benzene rings is 10. The molecule has 0 fully saturated rings. The first kappa shape index (κ1) is 36.1. The van der Waals surface area contributed by atoms with E-state index in [0.29, 0.717) is 12.2 Å². The van der Waals surface area contributed by atoms with E-state index < -0.39 is 0 Å². The van der Waals surface area contributed by atoms with Crippen LogP contribution in [0.5, 0.6) is 0 Å². The van der Waals surface area contributed by atoms with Crippen molar-refractivity contribution >= 4 is 128 Å². The van der Waals surface area contributed by atoms with Gasteiger partial charge in [-0.2, -0.15) is 0 Å². The van der Waals surface area contributed by atoms with E-state index >= 15 is 0 Å². The predicted octanol–water partition coefficient (Wildman–Crippen LogP) is 17.4. The monoisotopic (exact) mass is 887 g/mol. The van der Waals surface area contributed by atoms with Gasteiger partial charge in [0.1, 0.15) is 11.2 Å². The van der Waals surface area contributed by atoms with Crippen molar-refractivity contribution in [3.63, 3.8) is 0 Å². The number of nitrogens with zero attached hydrogens (tertiary/aromatic N) is 3. The zero-order valence-corrected chi connectivity index (χ0v) is 37.3. The van der Waals surface area contributed by atoms with Gasteiger partial charge in [-0.3, -0.25) is 0 Å². The van der Waals surface area contributed by atoms with Crippen LogP contribution >= 0.6 is 22.7 Å². The maximum Gasteiger partial charge on any atom is 0.161 e. The van der Waals surface area contributed by atoms with Crippen molar-refractivity contribution < 1.29 is 4.42 Å². The fourth-order valence-electron chi connectivity index (χ4n) is 11.4. The van der Waals surface area contributed by atoms with E-state index in [4.69, 9.17) is 14.4 Å². The SMILES string of the molecule is c1ccc2cc3c(cc2c1)oc1ccc2c(c13)-c1nc(-c3cccc4sc5ccccc5c34)nc(-c3cccc4sc5ccccc5c34)c1Cc1ccc3c4cc5ccccc5cc4n-2c3c1. The summed E-state index contributed by atoms with van der Waals surface area (Å²) in [4.78, 5) is 11.9. The average molecular weight is 888 g/mol. The molecule has 15 aromatic rings. The minimum Gasteiger partial charge on any atom is -0.456 e. The topological polar surface area (TPSA) is 43.9 Å². The summed E-state index contributed by atoms with van der Waals surface area (Å²) in [5, 5.41) is 14.2. The molecule has 0 atom stereocenters. The van der Waals surface area contributed by atoms with Gasteiger partial charge in [-0.05, 0) is 93.8 Å². The van der Waals surface area contributed by atoms with Gasteiger partial charge in [0.2, 0.25) is 0 Å². The van der Waals surface area contributed by atoms with Gasteiger partial charge in [0.05, 0.1) is 28.1 Å². The van der Waals surface area contributed by atoms with Crippen molar-refractivity contribution in [3.8, 4) is 39.6 Å². The molecule has 0 radical (unpaired) electrons. The molecule has 16 rings (SSSR count). The molecule has 2 bridgehead atoms. The molecule has 4 nitrogen and oxygen atoms in total. The number of rotatable bonds is 2. The summed E-state index contributed by atoms with van der Waals surface area (Å²) < 4.78 is 14.4. The smallest absolute Gasteiger partial charge is 0.161 e. The number of hydrogen-bond donors (Lipinski definition) is 0. The highest BCUT2D eigenvalue weighted by molar-refractivity contribution is 7.26. The molecular formula is C61H33N3OS2. The van der Waals surface area contributed by atoms with Crippen LogP contribution in [0.25, 0.3) is 145 Å². The van der Waals surface area contributed by atoms with E-state index in [2.05, 4.69) is 193 Å². The Morgan fingerprint density at radius 2 is 1.01 bits per heavy atom. The first-order valence-corrected chi connectivity index (χ1v) is 24.4. The molecule has 6 heteroatoms. The number of furan rings is 1. The summed E-state index contributed by atoms with van der Waals surface area (Å²) >= 11 is 3.67. The molecular weight excluding hydrogens is 855 g/mol. The molecule has 0 spiro atoms. The van der Waals surface area contributed by atoms with Gasteiger partial charge in [-0.25, -0.2) is 9.97 Å². The lowest BCUT2D eigenvalue weighted by Gasteiger charge is -2.20. The van der Waals surface area contributed by atoms with Crippen molar-refractivity contribution in [2.24, 2.45) is 0 Å². The van der Waals surface area contributed by atoms with Gasteiger partial charge >= 0.3 is 0 Å². The quantitative estimate of drug-likeness (QED) is 0.174. The summed E-state index contributed by atoms with van der Waals surface area (Å²) in [6, 6.07) is 69.0. The molecule has 0 saturated carbocycles. The van der Waals surface area contributed by atoms with Gasteiger partial charge in [0.25, 0.3) is 0 Å². The maximum atomic E-state index is 6.96. The molecule has 0 N–H and O–H groups in total. The van der Waals surface area contributed by atoms with Crippen LogP contribution in [0.4, 0.5) is 0 Å². The summed E-state index contributed by atoms with van der Waals surface area (Å²) in [6.45, 7) is 0. The lowest BCUT2D eigenvalue weighted by Crippen LogP contribution is -2.06. The normalized spacial score (nSPS) is 12.7. The van der Waals surface area contributed by atoms with Crippen molar-refractivity contribution in [2.75, 3.05) is 0 Å². The third kappa shape index (κ3) is 5.00. The first-order valence-electron chi connectivity index (χ1n) is 22.8. The van der Waals surface area contributed by atoms with Crippen LogP contribution < -0.4 is 0 Å². The average Bonchev–Trinajstić information content (AvgIpc) is 4.13. The highest BCUT2D eigenvalue weighted by Gasteiger charge is 2.30. The van der Waals surface area contributed by atoms with Crippen molar-refractivity contribution in [1.29, 1.82) is 0 Å². The minimum absolute atomic E-state index is 0.628. The second-order valence-corrected chi connectivity index (χ2v) is 20.2. The van der Waals surface area contributed by atoms with Crippen molar-refractivity contribution in [3.05, 3.63) is 199 Å².